The lowest BCUT2D eigenvalue weighted by molar-refractivity contribution is 0.306. The molecular formula is C24H42O3S. The van der Waals surface area contributed by atoms with Gasteiger partial charge in [-0.1, -0.05) is 91.0 Å². The molecule has 3 nitrogen and oxygen atoms in total. The van der Waals surface area contributed by atoms with E-state index in [2.05, 4.69) is 20.8 Å². The van der Waals surface area contributed by atoms with Gasteiger partial charge in [0.2, 0.25) is 0 Å². The summed E-state index contributed by atoms with van der Waals surface area (Å²) in [5, 5.41) is 0. The van der Waals surface area contributed by atoms with Crippen molar-refractivity contribution in [2.24, 2.45) is 5.92 Å². The summed E-state index contributed by atoms with van der Waals surface area (Å²) < 4.78 is 29.8. The van der Waals surface area contributed by atoms with Crippen LogP contribution in [-0.2, 0) is 20.7 Å². The van der Waals surface area contributed by atoms with Gasteiger partial charge in [-0.25, -0.2) is 0 Å². The van der Waals surface area contributed by atoms with E-state index in [9.17, 15) is 8.42 Å². The van der Waals surface area contributed by atoms with Crippen LogP contribution in [0.3, 0.4) is 0 Å². The average Bonchev–Trinajstić information content (AvgIpc) is 2.65. The van der Waals surface area contributed by atoms with Crippen molar-refractivity contribution < 1.29 is 12.6 Å². The molecule has 0 spiro atoms. The second-order valence-electron chi connectivity index (χ2n) is 8.44. The van der Waals surface area contributed by atoms with Crippen molar-refractivity contribution >= 4 is 10.1 Å². The van der Waals surface area contributed by atoms with Crippen LogP contribution in [0, 0.1) is 12.8 Å². The first-order valence-electron chi connectivity index (χ1n) is 11.4. The van der Waals surface area contributed by atoms with Crippen LogP contribution in [0.1, 0.15) is 103 Å². The maximum absolute atomic E-state index is 12.3. The maximum Gasteiger partial charge on any atom is 0.296 e. The molecule has 0 bridgehead atoms. The molecule has 0 unspecified atom stereocenters. The van der Waals surface area contributed by atoms with E-state index in [1.165, 1.54) is 63.4 Å². The molecule has 0 radical (unpaired) electrons. The summed E-state index contributed by atoms with van der Waals surface area (Å²) in [5.41, 5.74) is 2.18. The van der Waals surface area contributed by atoms with Gasteiger partial charge in [-0.05, 0) is 48.9 Å². The van der Waals surface area contributed by atoms with Gasteiger partial charge in [-0.3, -0.25) is 4.18 Å². The predicted molar refractivity (Wildman–Crippen MR) is 119 cm³/mol. The Morgan fingerprint density at radius 3 is 1.89 bits per heavy atom. The lowest BCUT2D eigenvalue weighted by Gasteiger charge is -2.09. The zero-order chi connectivity index (χ0) is 20.8. The van der Waals surface area contributed by atoms with E-state index in [4.69, 9.17) is 4.18 Å². The zero-order valence-electron chi connectivity index (χ0n) is 18.6. The maximum atomic E-state index is 12.3. The fourth-order valence-electron chi connectivity index (χ4n) is 3.53. The van der Waals surface area contributed by atoms with E-state index >= 15 is 0 Å². The molecule has 1 aromatic rings. The number of aryl methyl sites for hydroxylation is 2. The second-order valence-corrected chi connectivity index (χ2v) is 10.1. The molecule has 1 aromatic carbocycles. The zero-order valence-corrected chi connectivity index (χ0v) is 19.5. The standard InChI is InChI=1S/C24H42O3S/c1-5-23-17-18-24(20-22(23)4)28(25,26)27-19-15-13-11-9-7-6-8-10-12-14-16-21(2)3/h17-18,20-21H,5-16,19H2,1-4H3. The van der Waals surface area contributed by atoms with Gasteiger partial charge in [-0.15, -0.1) is 0 Å². The fraction of sp³-hybridized carbons (Fsp3) is 0.750. The minimum Gasteiger partial charge on any atom is -0.266 e. The first kappa shape index (κ1) is 25.2. The molecule has 0 amide bonds. The van der Waals surface area contributed by atoms with Crippen LogP contribution in [0.5, 0.6) is 0 Å². The lowest BCUT2D eigenvalue weighted by Crippen LogP contribution is -2.08. The van der Waals surface area contributed by atoms with E-state index in [-0.39, 0.29) is 11.5 Å². The summed E-state index contributed by atoms with van der Waals surface area (Å²) in [4.78, 5) is 0.274. The van der Waals surface area contributed by atoms with Crippen LogP contribution >= 0.6 is 0 Å². The van der Waals surface area contributed by atoms with Crippen molar-refractivity contribution in [2.45, 2.75) is 110 Å². The van der Waals surface area contributed by atoms with Gasteiger partial charge in [-0.2, -0.15) is 8.42 Å². The van der Waals surface area contributed by atoms with E-state index in [1.807, 2.05) is 13.0 Å². The summed E-state index contributed by atoms with van der Waals surface area (Å²) in [6.45, 7) is 8.90. The van der Waals surface area contributed by atoms with Gasteiger partial charge in [0.15, 0.2) is 0 Å². The van der Waals surface area contributed by atoms with E-state index in [0.29, 0.717) is 0 Å². The Morgan fingerprint density at radius 2 is 1.39 bits per heavy atom. The molecule has 0 aromatic heterocycles. The summed E-state index contributed by atoms with van der Waals surface area (Å²) >= 11 is 0. The molecule has 1 rings (SSSR count). The molecule has 4 heteroatoms. The van der Waals surface area contributed by atoms with Crippen molar-refractivity contribution in [2.75, 3.05) is 6.61 Å². The highest BCUT2D eigenvalue weighted by Gasteiger charge is 2.15. The van der Waals surface area contributed by atoms with E-state index in [1.54, 1.807) is 12.1 Å². The number of hydrogen-bond acceptors (Lipinski definition) is 3. The Labute approximate surface area is 174 Å². The topological polar surface area (TPSA) is 43.4 Å². The molecule has 0 heterocycles. The first-order chi connectivity index (χ1) is 13.4. The first-order valence-corrected chi connectivity index (χ1v) is 12.8. The highest BCUT2D eigenvalue weighted by atomic mass is 32.2. The molecule has 0 aliphatic rings. The minimum absolute atomic E-state index is 0.274. The van der Waals surface area contributed by atoms with Crippen LogP contribution in [0.4, 0.5) is 0 Å². The monoisotopic (exact) mass is 410 g/mol. The van der Waals surface area contributed by atoms with Crippen LogP contribution < -0.4 is 0 Å². The van der Waals surface area contributed by atoms with Crippen LogP contribution in [0.25, 0.3) is 0 Å². The van der Waals surface area contributed by atoms with Gasteiger partial charge < -0.3 is 0 Å². The Bertz CT molecular complexity index is 635. The Balaban J connectivity index is 2.05. The van der Waals surface area contributed by atoms with Crippen molar-refractivity contribution in [1.29, 1.82) is 0 Å². The lowest BCUT2D eigenvalue weighted by atomic mass is 10.0. The van der Waals surface area contributed by atoms with Crippen LogP contribution in [0.15, 0.2) is 23.1 Å². The Kier molecular flexibility index (Phi) is 12.7. The minimum atomic E-state index is -3.63. The molecule has 0 saturated heterocycles. The van der Waals surface area contributed by atoms with Crippen LogP contribution in [-0.4, -0.2) is 15.0 Å². The van der Waals surface area contributed by atoms with Crippen molar-refractivity contribution in [3.05, 3.63) is 29.3 Å². The Hall–Kier alpha value is -0.870. The molecule has 162 valence electrons. The van der Waals surface area contributed by atoms with Gasteiger partial charge >= 0.3 is 0 Å². The van der Waals surface area contributed by atoms with Crippen molar-refractivity contribution in [1.82, 2.24) is 0 Å². The summed E-state index contributed by atoms with van der Waals surface area (Å²) in [7, 11) is -3.63. The van der Waals surface area contributed by atoms with Gasteiger partial charge in [0.05, 0.1) is 11.5 Å². The summed E-state index contributed by atoms with van der Waals surface area (Å²) in [5.74, 6) is 0.838. The summed E-state index contributed by atoms with van der Waals surface area (Å²) in [6.07, 6.45) is 14.6. The van der Waals surface area contributed by atoms with E-state index in [0.717, 1.165) is 30.7 Å². The highest BCUT2D eigenvalue weighted by Crippen LogP contribution is 2.19. The SMILES string of the molecule is CCc1ccc(S(=O)(=O)OCCCCCCCCCCCCC(C)C)cc1C. The van der Waals surface area contributed by atoms with Gasteiger partial charge in [0.25, 0.3) is 10.1 Å². The third-order valence-corrected chi connectivity index (χ3v) is 6.71. The number of rotatable bonds is 16. The molecule has 28 heavy (non-hydrogen) atoms. The van der Waals surface area contributed by atoms with Gasteiger partial charge in [0.1, 0.15) is 0 Å². The third-order valence-electron chi connectivity index (χ3n) is 5.40. The predicted octanol–water partition coefficient (Wildman–Crippen LogP) is 7.21. The molecule has 0 atom stereocenters. The normalized spacial score (nSPS) is 12.0. The smallest absolute Gasteiger partial charge is 0.266 e. The highest BCUT2D eigenvalue weighted by molar-refractivity contribution is 7.86. The Morgan fingerprint density at radius 1 is 0.857 bits per heavy atom. The molecule has 0 N–H and O–H groups in total. The number of benzene rings is 1. The van der Waals surface area contributed by atoms with Gasteiger partial charge in [0, 0.05) is 0 Å². The third kappa shape index (κ3) is 10.6. The second kappa shape index (κ2) is 14.2. The molecular weight excluding hydrogens is 368 g/mol. The van der Waals surface area contributed by atoms with Crippen LogP contribution in [0.2, 0.25) is 0 Å². The number of hydrogen-bond donors (Lipinski definition) is 0. The molecule has 0 fully saturated rings. The van der Waals surface area contributed by atoms with Crippen molar-refractivity contribution in [3.63, 3.8) is 0 Å². The summed E-state index contributed by atoms with van der Waals surface area (Å²) in [6, 6.07) is 5.26. The fourth-order valence-corrected chi connectivity index (χ4v) is 4.56. The molecule has 0 aliphatic heterocycles. The largest absolute Gasteiger partial charge is 0.296 e. The number of unbranched alkanes of at least 4 members (excludes halogenated alkanes) is 9. The quantitative estimate of drug-likeness (QED) is 0.213. The average molecular weight is 411 g/mol. The van der Waals surface area contributed by atoms with Crippen molar-refractivity contribution in [3.8, 4) is 0 Å². The molecule has 0 saturated carbocycles. The van der Waals surface area contributed by atoms with E-state index < -0.39 is 10.1 Å². The molecule has 0 aliphatic carbocycles.